The number of hydrogen-bond donors (Lipinski definition) is 0. The van der Waals surface area contributed by atoms with Gasteiger partial charge in [0.05, 0.1) is 19.1 Å². The summed E-state index contributed by atoms with van der Waals surface area (Å²) in [4.78, 5) is 0. The molecule has 0 spiro atoms. The van der Waals surface area contributed by atoms with Crippen LogP contribution in [0.1, 0.15) is 113 Å². The first-order valence-electron chi connectivity index (χ1n) is 16.4. The van der Waals surface area contributed by atoms with Crippen molar-refractivity contribution in [2.45, 2.75) is 115 Å². The number of alkyl halides is 2. The Bertz CT molecular complexity index is 1190. The number of benzene rings is 2. The molecular formula is C35H44F6O3. The van der Waals surface area contributed by atoms with E-state index in [1.165, 1.54) is 25.7 Å². The lowest BCUT2D eigenvalue weighted by Crippen LogP contribution is -2.38. The fraction of sp³-hybridized carbons (Fsp3) is 0.657. The molecule has 0 aromatic heterocycles. The summed E-state index contributed by atoms with van der Waals surface area (Å²) in [5, 5.41) is 0. The molecule has 0 N–H and O–H groups in total. The van der Waals surface area contributed by atoms with Gasteiger partial charge in [-0.3, -0.25) is 0 Å². The van der Waals surface area contributed by atoms with Crippen molar-refractivity contribution >= 4 is 0 Å². The smallest absolute Gasteiger partial charge is 0.400 e. The van der Waals surface area contributed by atoms with Crippen LogP contribution in [0.15, 0.2) is 30.3 Å². The van der Waals surface area contributed by atoms with Gasteiger partial charge in [-0.2, -0.15) is 8.78 Å². The zero-order valence-corrected chi connectivity index (χ0v) is 25.4. The van der Waals surface area contributed by atoms with Crippen LogP contribution in [0.25, 0.3) is 0 Å². The minimum atomic E-state index is -3.70. The molecule has 0 atom stereocenters. The molecule has 2 aromatic rings. The van der Waals surface area contributed by atoms with Crippen molar-refractivity contribution in [3.05, 3.63) is 64.7 Å². The zero-order valence-electron chi connectivity index (χ0n) is 25.4. The molecule has 3 nitrogen and oxygen atoms in total. The lowest BCUT2D eigenvalue weighted by Gasteiger charge is -2.38. The van der Waals surface area contributed by atoms with Gasteiger partial charge in [-0.05, 0) is 86.8 Å². The Morgan fingerprint density at radius 3 is 2.00 bits per heavy atom. The fourth-order valence-corrected chi connectivity index (χ4v) is 7.28. The third kappa shape index (κ3) is 8.11. The molecule has 3 aliphatic rings. The molecule has 44 heavy (non-hydrogen) atoms. The number of hydrogen-bond acceptors (Lipinski definition) is 3. The van der Waals surface area contributed by atoms with E-state index in [0.717, 1.165) is 50.9 Å². The van der Waals surface area contributed by atoms with E-state index in [4.69, 9.17) is 9.47 Å². The van der Waals surface area contributed by atoms with Crippen molar-refractivity contribution in [1.82, 2.24) is 0 Å². The van der Waals surface area contributed by atoms with E-state index in [-0.39, 0.29) is 36.8 Å². The Morgan fingerprint density at radius 2 is 1.39 bits per heavy atom. The maximum atomic E-state index is 15.3. The first kappa shape index (κ1) is 33.1. The molecule has 1 saturated heterocycles. The Labute approximate surface area is 256 Å². The topological polar surface area (TPSA) is 27.7 Å². The maximum Gasteiger partial charge on any atom is 0.400 e. The summed E-state index contributed by atoms with van der Waals surface area (Å²) in [5.41, 5.74) is 1.50. The second kappa shape index (κ2) is 14.9. The van der Waals surface area contributed by atoms with Crippen molar-refractivity contribution in [3.63, 3.8) is 0 Å². The monoisotopic (exact) mass is 626 g/mol. The van der Waals surface area contributed by atoms with E-state index < -0.39 is 35.2 Å². The van der Waals surface area contributed by atoms with Gasteiger partial charge in [-0.25, -0.2) is 17.6 Å². The van der Waals surface area contributed by atoms with Crippen molar-refractivity contribution in [3.8, 4) is 5.75 Å². The minimum absolute atomic E-state index is 0.0555. The quantitative estimate of drug-likeness (QED) is 0.141. The van der Waals surface area contributed by atoms with Crippen LogP contribution >= 0.6 is 0 Å². The SMILES string of the molecule is CCCCCCC1COC(C2CCC(c3ccc(C4CCC(C(F)(F)Oc5cc(F)c(F)c(F)c5)CC4)c(F)c3)CC2)OC1. The van der Waals surface area contributed by atoms with Crippen molar-refractivity contribution in [2.75, 3.05) is 13.2 Å². The molecule has 2 aromatic carbocycles. The van der Waals surface area contributed by atoms with Crippen LogP contribution in [-0.2, 0) is 9.47 Å². The van der Waals surface area contributed by atoms with Crippen LogP contribution in [0.3, 0.4) is 0 Å². The van der Waals surface area contributed by atoms with Gasteiger partial charge in [0, 0.05) is 24.0 Å². The largest absolute Gasteiger partial charge is 0.432 e. The maximum absolute atomic E-state index is 15.3. The van der Waals surface area contributed by atoms with Gasteiger partial charge in [0.1, 0.15) is 11.6 Å². The Kier molecular flexibility index (Phi) is 11.2. The van der Waals surface area contributed by atoms with Crippen LogP contribution in [-0.4, -0.2) is 25.6 Å². The Hall–Kier alpha value is -2.26. The van der Waals surface area contributed by atoms with E-state index in [0.29, 0.717) is 42.4 Å². The lowest BCUT2D eigenvalue weighted by molar-refractivity contribution is -0.229. The fourth-order valence-electron chi connectivity index (χ4n) is 7.28. The lowest BCUT2D eigenvalue weighted by atomic mass is 9.76. The molecule has 5 rings (SSSR count). The van der Waals surface area contributed by atoms with Gasteiger partial charge in [0.15, 0.2) is 23.7 Å². The predicted molar refractivity (Wildman–Crippen MR) is 156 cm³/mol. The van der Waals surface area contributed by atoms with E-state index in [1.54, 1.807) is 12.1 Å². The standard InChI is InChI=1S/C35H44F6O3/c1-2-3-4-5-6-22-20-42-34(43-21-22)25-9-7-23(8-10-25)26-13-16-29(30(36)17-26)24-11-14-27(15-12-24)35(40,41)44-28-18-31(37)33(39)32(38)19-28/h13,16-19,22-25,27,34H,2-12,14-15,20-21H2,1H3. The second-order valence-electron chi connectivity index (χ2n) is 13.1. The van der Waals surface area contributed by atoms with Crippen LogP contribution in [0, 0.1) is 41.0 Å². The number of rotatable bonds is 11. The third-order valence-corrected chi connectivity index (χ3v) is 9.96. The van der Waals surface area contributed by atoms with Crippen molar-refractivity contribution in [2.24, 2.45) is 17.8 Å². The van der Waals surface area contributed by atoms with Crippen LogP contribution in [0.5, 0.6) is 5.75 Å². The minimum Gasteiger partial charge on any atom is -0.432 e. The molecule has 1 aliphatic heterocycles. The highest BCUT2D eigenvalue weighted by atomic mass is 19.3. The number of halogens is 6. The van der Waals surface area contributed by atoms with Crippen molar-refractivity contribution < 1.29 is 40.6 Å². The van der Waals surface area contributed by atoms with Gasteiger partial charge in [-0.15, -0.1) is 0 Å². The molecule has 2 aliphatic carbocycles. The third-order valence-electron chi connectivity index (χ3n) is 9.96. The van der Waals surface area contributed by atoms with Gasteiger partial charge in [0.25, 0.3) is 0 Å². The van der Waals surface area contributed by atoms with E-state index in [1.807, 2.05) is 6.07 Å². The molecule has 3 fully saturated rings. The van der Waals surface area contributed by atoms with E-state index in [9.17, 15) is 22.0 Å². The van der Waals surface area contributed by atoms with Crippen LogP contribution in [0.4, 0.5) is 26.3 Å². The summed E-state index contributed by atoms with van der Waals surface area (Å²) in [6.45, 7) is 3.75. The summed E-state index contributed by atoms with van der Waals surface area (Å²) in [6, 6.07) is 6.20. The summed E-state index contributed by atoms with van der Waals surface area (Å²) in [7, 11) is 0. The highest BCUT2D eigenvalue weighted by Crippen LogP contribution is 2.45. The molecule has 1 heterocycles. The number of unbranched alkanes of at least 4 members (excludes halogenated alkanes) is 3. The molecule has 2 saturated carbocycles. The first-order valence-corrected chi connectivity index (χ1v) is 16.4. The highest BCUT2D eigenvalue weighted by Gasteiger charge is 2.44. The van der Waals surface area contributed by atoms with Gasteiger partial charge >= 0.3 is 6.11 Å². The van der Waals surface area contributed by atoms with Crippen LogP contribution in [0.2, 0.25) is 0 Å². The number of ether oxygens (including phenoxy) is 3. The summed E-state index contributed by atoms with van der Waals surface area (Å²) in [5.74, 6) is -6.33. The Balaban J connectivity index is 1.08. The average molecular weight is 627 g/mol. The van der Waals surface area contributed by atoms with Gasteiger partial charge in [-0.1, -0.05) is 44.7 Å². The zero-order chi connectivity index (χ0) is 31.3. The molecule has 9 heteroatoms. The van der Waals surface area contributed by atoms with Crippen molar-refractivity contribution in [1.29, 1.82) is 0 Å². The second-order valence-corrected chi connectivity index (χ2v) is 13.1. The normalized spacial score (nSPS) is 28.2. The Morgan fingerprint density at radius 1 is 0.750 bits per heavy atom. The summed E-state index contributed by atoms with van der Waals surface area (Å²) < 4.78 is 102. The molecule has 0 bridgehead atoms. The molecule has 0 amide bonds. The highest BCUT2D eigenvalue weighted by molar-refractivity contribution is 5.30. The predicted octanol–water partition coefficient (Wildman–Crippen LogP) is 10.4. The van der Waals surface area contributed by atoms with Gasteiger partial charge < -0.3 is 14.2 Å². The average Bonchev–Trinajstić information content (AvgIpc) is 3.02. The van der Waals surface area contributed by atoms with Crippen LogP contribution < -0.4 is 4.74 Å². The first-order chi connectivity index (χ1) is 21.1. The summed E-state index contributed by atoms with van der Waals surface area (Å²) >= 11 is 0. The molecular weight excluding hydrogens is 582 g/mol. The molecule has 0 radical (unpaired) electrons. The molecule has 244 valence electrons. The molecule has 0 unspecified atom stereocenters. The van der Waals surface area contributed by atoms with E-state index >= 15 is 4.39 Å². The van der Waals surface area contributed by atoms with E-state index in [2.05, 4.69) is 11.7 Å². The van der Waals surface area contributed by atoms with Gasteiger partial charge in [0.2, 0.25) is 0 Å². The summed E-state index contributed by atoms with van der Waals surface area (Å²) in [6.07, 6.45) is 6.92.